The van der Waals surface area contributed by atoms with Crippen LogP contribution in [0.3, 0.4) is 0 Å². The molecule has 9 heteroatoms. The number of carbonyl (C=O) groups is 3. The van der Waals surface area contributed by atoms with E-state index < -0.39 is 22.6 Å². The molecule has 3 rings (SSSR count). The molecule has 7 nitrogen and oxygen atoms in total. The molecule has 3 saturated heterocycles. The fourth-order valence-electron chi connectivity index (χ4n) is 5.93. The van der Waals surface area contributed by atoms with Crippen molar-refractivity contribution in [3.05, 3.63) is 25.3 Å². The maximum absolute atomic E-state index is 14.1. The maximum Gasteiger partial charge on any atom is 0.247 e. The van der Waals surface area contributed by atoms with E-state index in [2.05, 4.69) is 36.0 Å². The lowest BCUT2D eigenvalue weighted by atomic mass is 9.70. The molecule has 0 aliphatic carbocycles. The minimum atomic E-state index is -0.709. The van der Waals surface area contributed by atoms with Gasteiger partial charge in [0.25, 0.3) is 0 Å². The SMILES string of the molecule is C=CCN(C)C(=O)[C@H]1[C@H]2C(=O)N(CCO)C(C(=O)N(CC=C)C(C)CCC)C23CC(Br)[C@@H]1S3. The molecule has 0 aromatic carbocycles. The Morgan fingerprint density at radius 1 is 1.33 bits per heavy atom. The second-order valence-electron chi connectivity index (χ2n) is 9.34. The van der Waals surface area contributed by atoms with Crippen LogP contribution in [0.2, 0.25) is 0 Å². The van der Waals surface area contributed by atoms with Crippen molar-refractivity contribution in [1.82, 2.24) is 14.7 Å². The van der Waals surface area contributed by atoms with Gasteiger partial charge in [-0.15, -0.1) is 24.9 Å². The monoisotopic (exact) mass is 541 g/mol. The number of likely N-dealkylation sites (N-methyl/N-ethyl adjacent to an activating group) is 1. The van der Waals surface area contributed by atoms with Gasteiger partial charge < -0.3 is 19.8 Å². The quantitative estimate of drug-likeness (QED) is 0.320. The molecule has 0 aromatic rings. The van der Waals surface area contributed by atoms with E-state index in [0.717, 1.165) is 12.8 Å². The molecule has 1 N–H and O–H groups in total. The zero-order chi connectivity index (χ0) is 24.5. The van der Waals surface area contributed by atoms with Gasteiger partial charge in [-0.25, -0.2) is 0 Å². The summed E-state index contributed by atoms with van der Waals surface area (Å²) in [6.07, 6.45) is 5.81. The number of fused-ring (bicyclic) bond motifs is 1. The highest BCUT2D eigenvalue weighted by Crippen LogP contribution is 2.68. The Bertz CT molecular complexity index is 811. The van der Waals surface area contributed by atoms with Crippen molar-refractivity contribution in [3.63, 3.8) is 0 Å². The summed E-state index contributed by atoms with van der Waals surface area (Å²) in [7, 11) is 1.72. The summed E-state index contributed by atoms with van der Waals surface area (Å²) in [4.78, 5) is 46.3. The predicted molar refractivity (Wildman–Crippen MR) is 135 cm³/mol. The van der Waals surface area contributed by atoms with Crippen molar-refractivity contribution >= 4 is 45.4 Å². The topological polar surface area (TPSA) is 81.2 Å². The normalized spacial score (nSPS) is 33.1. The molecule has 3 heterocycles. The van der Waals surface area contributed by atoms with E-state index in [-0.39, 0.29) is 47.0 Å². The first-order valence-corrected chi connectivity index (χ1v) is 13.5. The number of carbonyl (C=O) groups excluding carboxylic acids is 3. The molecule has 0 saturated carbocycles. The van der Waals surface area contributed by atoms with E-state index in [0.29, 0.717) is 19.5 Å². The van der Waals surface area contributed by atoms with Gasteiger partial charge in [-0.1, -0.05) is 41.4 Å². The number of aliphatic hydroxyl groups is 1. The van der Waals surface area contributed by atoms with Crippen molar-refractivity contribution in [1.29, 1.82) is 0 Å². The molecular weight excluding hydrogens is 506 g/mol. The summed E-state index contributed by atoms with van der Waals surface area (Å²) in [6.45, 7) is 12.3. The van der Waals surface area contributed by atoms with Crippen LogP contribution in [-0.4, -0.2) is 97.7 Å². The third-order valence-corrected chi connectivity index (χ3v) is 10.5. The number of aliphatic hydroxyl groups excluding tert-OH is 1. The molecule has 3 amide bonds. The number of hydrogen-bond acceptors (Lipinski definition) is 5. The van der Waals surface area contributed by atoms with Crippen molar-refractivity contribution in [2.75, 3.05) is 33.3 Å². The average molecular weight is 543 g/mol. The summed E-state index contributed by atoms with van der Waals surface area (Å²) in [5.41, 5.74) is 0. The number of alkyl halides is 1. The first kappa shape index (κ1) is 26.3. The summed E-state index contributed by atoms with van der Waals surface area (Å²) in [5, 5.41) is 9.68. The van der Waals surface area contributed by atoms with Gasteiger partial charge in [0.2, 0.25) is 17.7 Å². The molecule has 33 heavy (non-hydrogen) atoms. The zero-order valence-corrected chi connectivity index (χ0v) is 22.2. The largest absolute Gasteiger partial charge is 0.395 e. The molecule has 1 spiro atoms. The van der Waals surface area contributed by atoms with Crippen molar-refractivity contribution < 1.29 is 19.5 Å². The van der Waals surface area contributed by atoms with Crippen molar-refractivity contribution in [2.45, 2.75) is 60.0 Å². The minimum Gasteiger partial charge on any atom is -0.395 e. The summed E-state index contributed by atoms with van der Waals surface area (Å²) >= 11 is 5.39. The van der Waals surface area contributed by atoms with Crippen molar-refractivity contribution in [3.8, 4) is 0 Å². The molecule has 3 aliphatic heterocycles. The van der Waals surface area contributed by atoms with E-state index in [1.165, 1.54) is 0 Å². The first-order chi connectivity index (χ1) is 15.7. The van der Waals surface area contributed by atoms with Gasteiger partial charge in [-0.2, -0.15) is 0 Å². The Morgan fingerprint density at radius 2 is 2.00 bits per heavy atom. The second kappa shape index (κ2) is 10.5. The Morgan fingerprint density at radius 3 is 2.58 bits per heavy atom. The van der Waals surface area contributed by atoms with E-state index in [1.54, 1.807) is 40.8 Å². The van der Waals surface area contributed by atoms with Gasteiger partial charge in [-0.05, 0) is 19.8 Å². The molecule has 3 aliphatic rings. The van der Waals surface area contributed by atoms with Gasteiger partial charge >= 0.3 is 0 Å². The Hall–Kier alpha value is -1.32. The second-order valence-corrected chi connectivity index (χ2v) is 12.1. The van der Waals surface area contributed by atoms with Gasteiger partial charge in [0, 0.05) is 42.8 Å². The molecule has 3 fully saturated rings. The lowest BCUT2D eigenvalue weighted by molar-refractivity contribution is -0.145. The number of likely N-dealkylation sites (tertiary alicyclic amines) is 1. The van der Waals surface area contributed by atoms with Crippen molar-refractivity contribution in [2.24, 2.45) is 11.8 Å². The average Bonchev–Trinajstić information content (AvgIpc) is 3.35. The third kappa shape index (κ3) is 4.29. The van der Waals surface area contributed by atoms with E-state index >= 15 is 0 Å². The lowest BCUT2D eigenvalue weighted by Crippen LogP contribution is -2.57. The fraction of sp³-hybridized carbons (Fsp3) is 0.708. The Balaban J connectivity index is 2.05. The van der Waals surface area contributed by atoms with Crippen LogP contribution in [0, 0.1) is 11.8 Å². The van der Waals surface area contributed by atoms with Crippen LogP contribution in [-0.2, 0) is 14.4 Å². The van der Waals surface area contributed by atoms with Crippen LogP contribution >= 0.6 is 27.7 Å². The highest BCUT2D eigenvalue weighted by Gasteiger charge is 2.75. The van der Waals surface area contributed by atoms with Gasteiger partial charge in [0.15, 0.2) is 0 Å². The van der Waals surface area contributed by atoms with E-state index in [9.17, 15) is 19.5 Å². The fourth-order valence-corrected chi connectivity index (χ4v) is 9.53. The summed E-state index contributed by atoms with van der Waals surface area (Å²) in [6, 6.07) is -0.708. The van der Waals surface area contributed by atoms with Gasteiger partial charge in [-0.3, -0.25) is 14.4 Å². The number of nitrogens with zero attached hydrogens (tertiary/aromatic N) is 3. The first-order valence-electron chi connectivity index (χ1n) is 11.7. The molecule has 4 unspecified atom stereocenters. The van der Waals surface area contributed by atoms with Crippen LogP contribution in [0.4, 0.5) is 0 Å². The Kier molecular flexibility index (Phi) is 8.38. The summed E-state index contributed by atoms with van der Waals surface area (Å²) < 4.78 is -0.692. The summed E-state index contributed by atoms with van der Waals surface area (Å²) in [5.74, 6) is -1.47. The lowest BCUT2D eigenvalue weighted by Gasteiger charge is -2.39. The highest BCUT2D eigenvalue weighted by molar-refractivity contribution is 9.09. The minimum absolute atomic E-state index is 0.00144. The number of thioether (sulfide) groups is 1. The van der Waals surface area contributed by atoms with Crippen LogP contribution in [0.25, 0.3) is 0 Å². The molecular formula is C24H36BrN3O4S. The number of rotatable bonds is 11. The standard InChI is InChI=1S/C24H36BrN3O4S/c1-6-9-15(4)27(11-8-3)23(32)20-24-14-16(25)19(33-24)17(21(30)26(5)10-7-2)18(24)22(31)28(20)12-13-29/h7-8,15-20,29H,2-3,6,9-14H2,1,4-5H3/t15?,16?,17-,18-,19-,20?,24?/m0/s1. The van der Waals surface area contributed by atoms with Crippen LogP contribution < -0.4 is 0 Å². The van der Waals surface area contributed by atoms with Crippen LogP contribution in [0.5, 0.6) is 0 Å². The third-order valence-electron chi connectivity index (χ3n) is 7.28. The zero-order valence-electron chi connectivity index (χ0n) is 19.8. The maximum atomic E-state index is 14.1. The van der Waals surface area contributed by atoms with Crippen LogP contribution in [0.1, 0.15) is 33.1 Å². The molecule has 0 aromatic heterocycles. The van der Waals surface area contributed by atoms with Crippen LogP contribution in [0.15, 0.2) is 25.3 Å². The smallest absolute Gasteiger partial charge is 0.247 e. The number of halogens is 1. The Labute approximate surface area is 209 Å². The van der Waals surface area contributed by atoms with Gasteiger partial charge in [0.05, 0.1) is 23.2 Å². The highest BCUT2D eigenvalue weighted by atomic mass is 79.9. The molecule has 0 radical (unpaired) electrons. The predicted octanol–water partition coefficient (Wildman–Crippen LogP) is 2.29. The van der Waals surface area contributed by atoms with E-state index in [1.807, 2.05) is 11.8 Å². The molecule has 184 valence electrons. The molecule has 2 bridgehead atoms. The van der Waals surface area contributed by atoms with E-state index in [4.69, 9.17) is 0 Å². The van der Waals surface area contributed by atoms with Gasteiger partial charge in [0.1, 0.15) is 6.04 Å². The number of hydrogen-bond donors (Lipinski definition) is 1. The molecule has 7 atom stereocenters. The number of β-amino-alcohol motifs (C(OH)–C–C–N with tert-alkyl or cyclic N) is 1. The number of amides is 3.